The molecule has 0 aromatic carbocycles. The standard InChI is InChI=1S/C31H48F3NO/c1-5-10-24-12-7-6-8-13-26(24)30(35-4)27-20-25(18-16-21(27)2)29(36)14-9-11-23-17-15-22(3)28(19-23)31(32,33)34/h6,8-9,13-14,21-25,27-29,36H,5,7,10-12,15-20H2,1-4H3. The molecule has 0 bridgehead atoms. The fraction of sp³-hybridized carbons (Fsp3) is 0.774. The predicted molar refractivity (Wildman–Crippen MR) is 144 cm³/mol. The summed E-state index contributed by atoms with van der Waals surface area (Å²) in [6, 6.07) is 0. The van der Waals surface area contributed by atoms with E-state index in [1.165, 1.54) is 24.1 Å². The van der Waals surface area contributed by atoms with E-state index in [2.05, 4.69) is 32.1 Å². The number of hydrogen-bond donors (Lipinski definition) is 1. The molecule has 8 atom stereocenters. The molecule has 0 spiro atoms. The number of aliphatic imine (C=N–C) groups is 1. The molecule has 2 fully saturated rings. The lowest BCUT2D eigenvalue weighted by Gasteiger charge is -2.38. The van der Waals surface area contributed by atoms with E-state index in [0.717, 1.165) is 38.5 Å². The van der Waals surface area contributed by atoms with E-state index in [9.17, 15) is 18.3 Å². The molecule has 3 aliphatic rings. The number of allylic oxidation sites excluding steroid dienone is 5. The third kappa shape index (κ3) is 7.58. The fourth-order valence-electron chi connectivity index (χ4n) is 7.00. The van der Waals surface area contributed by atoms with Gasteiger partial charge in [0.05, 0.1) is 12.0 Å². The zero-order chi connectivity index (χ0) is 26.3. The van der Waals surface area contributed by atoms with Gasteiger partial charge in [-0.3, -0.25) is 4.99 Å². The number of halogens is 3. The van der Waals surface area contributed by atoms with E-state index in [0.29, 0.717) is 30.6 Å². The quantitative estimate of drug-likeness (QED) is 0.259. The monoisotopic (exact) mass is 507 g/mol. The maximum atomic E-state index is 13.4. The summed E-state index contributed by atoms with van der Waals surface area (Å²) in [5.74, 6) is 0.144. The van der Waals surface area contributed by atoms with Crippen molar-refractivity contribution >= 4 is 5.71 Å². The Morgan fingerprint density at radius 3 is 2.56 bits per heavy atom. The van der Waals surface area contributed by atoms with Crippen molar-refractivity contribution in [3.8, 4) is 0 Å². The van der Waals surface area contributed by atoms with Crippen molar-refractivity contribution in [2.45, 2.75) is 104 Å². The average molecular weight is 508 g/mol. The summed E-state index contributed by atoms with van der Waals surface area (Å²) in [6.07, 6.45) is 15.8. The van der Waals surface area contributed by atoms with Crippen LogP contribution < -0.4 is 0 Å². The minimum absolute atomic E-state index is 0.0555. The van der Waals surface area contributed by atoms with Gasteiger partial charge in [-0.25, -0.2) is 0 Å². The van der Waals surface area contributed by atoms with Gasteiger partial charge >= 0.3 is 6.18 Å². The molecule has 0 radical (unpaired) electrons. The van der Waals surface area contributed by atoms with Gasteiger partial charge in [-0.1, -0.05) is 57.6 Å². The van der Waals surface area contributed by atoms with Gasteiger partial charge in [0.15, 0.2) is 0 Å². The molecule has 0 saturated heterocycles. The lowest BCUT2D eigenvalue weighted by molar-refractivity contribution is -0.198. The Balaban J connectivity index is 1.62. The molecule has 8 unspecified atom stereocenters. The number of aliphatic hydroxyl groups excluding tert-OH is 1. The van der Waals surface area contributed by atoms with Crippen molar-refractivity contribution in [2.75, 3.05) is 7.05 Å². The van der Waals surface area contributed by atoms with Crippen LogP contribution in [-0.4, -0.2) is 30.1 Å². The van der Waals surface area contributed by atoms with Crippen LogP contribution in [0.1, 0.15) is 91.4 Å². The van der Waals surface area contributed by atoms with E-state index >= 15 is 0 Å². The van der Waals surface area contributed by atoms with Crippen LogP contribution in [0.15, 0.2) is 40.9 Å². The van der Waals surface area contributed by atoms with Crippen molar-refractivity contribution < 1.29 is 18.3 Å². The molecule has 0 aromatic rings. The molecule has 204 valence electrons. The minimum Gasteiger partial charge on any atom is -0.389 e. The Morgan fingerprint density at radius 1 is 1.11 bits per heavy atom. The van der Waals surface area contributed by atoms with Crippen LogP contribution in [0, 0.1) is 41.4 Å². The van der Waals surface area contributed by atoms with Gasteiger partial charge in [0.1, 0.15) is 0 Å². The fourth-order valence-corrected chi connectivity index (χ4v) is 7.00. The molecule has 1 N–H and O–H groups in total. The summed E-state index contributed by atoms with van der Waals surface area (Å²) < 4.78 is 40.1. The Morgan fingerprint density at radius 2 is 1.86 bits per heavy atom. The van der Waals surface area contributed by atoms with Gasteiger partial charge < -0.3 is 5.11 Å². The number of nitrogens with zero attached hydrogens (tertiary/aromatic N) is 1. The normalized spacial score (nSPS) is 35.5. The van der Waals surface area contributed by atoms with Crippen molar-refractivity contribution in [1.82, 2.24) is 0 Å². The molecular weight excluding hydrogens is 459 g/mol. The van der Waals surface area contributed by atoms with Crippen molar-refractivity contribution in [2.24, 2.45) is 46.4 Å². The van der Waals surface area contributed by atoms with E-state index in [-0.39, 0.29) is 24.2 Å². The molecule has 3 aliphatic carbocycles. The van der Waals surface area contributed by atoms with Crippen LogP contribution in [0.5, 0.6) is 0 Å². The second kappa shape index (κ2) is 13.4. The number of hydrogen-bond acceptors (Lipinski definition) is 2. The molecular formula is C31H48F3NO. The number of aliphatic hydroxyl groups is 1. The molecule has 0 aromatic heterocycles. The Labute approximate surface area is 217 Å². The maximum Gasteiger partial charge on any atom is 0.392 e. The van der Waals surface area contributed by atoms with Gasteiger partial charge in [0.2, 0.25) is 0 Å². The summed E-state index contributed by atoms with van der Waals surface area (Å²) in [5.41, 5.74) is 2.62. The van der Waals surface area contributed by atoms with E-state index in [4.69, 9.17) is 4.99 Å². The summed E-state index contributed by atoms with van der Waals surface area (Å²) in [4.78, 5) is 4.83. The Kier molecular flexibility index (Phi) is 10.9. The average Bonchev–Trinajstić information content (AvgIpc) is 3.07. The molecule has 2 nitrogen and oxygen atoms in total. The highest BCUT2D eigenvalue weighted by Gasteiger charge is 2.45. The first-order valence-electron chi connectivity index (χ1n) is 14.4. The molecule has 0 amide bonds. The van der Waals surface area contributed by atoms with Gasteiger partial charge in [-0.2, -0.15) is 13.2 Å². The second-order valence-corrected chi connectivity index (χ2v) is 11.8. The third-order valence-electron chi connectivity index (χ3n) is 9.31. The summed E-state index contributed by atoms with van der Waals surface area (Å²) >= 11 is 0. The number of alkyl halides is 3. The van der Waals surface area contributed by atoms with Gasteiger partial charge in [0.25, 0.3) is 0 Å². The highest BCUT2D eigenvalue weighted by Crippen LogP contribution is 2.45. The van der Waals surface area contributed by atoms with Crippen LogP contribution in [-0.2, 0) is 0 Å². The molecule has 3 rings (SSSR count). The molecule has 0 aliphatic heterocycles. The van der Waals surface area contributed by atoms with Crippen LogP contribution in [0.3, 0.4) is 0 Å². The van der Waals surface area contributed by atoms with Crippen molar-refractivity contribution in [3.05, 3.63) is 36.0 Å². The molecule has 2 saturated carbocycles. The topological polar surface area (TPSA) is 32.6 Å². The van der Waals surface area contributed by atoms with E-state index < -0.39 is 18.2 Å². The summed E-state index contributed by atoms with van der Waals surface area (Å²) in [6.45, 7) is 6.30. The van der Waals surface area contributed by atoms with Crippen LogP contribution in [0.25, 0.3) is 0 Å². The first-order valence-corrected chi connectivity index (χ1v) is 14.4. The Bertz CT molecular complexity index is 811. The first kappa shape index (κ1) is 29.2. The van der Waals surface area contributed by atoms with Gasteiger partial charge in [-0.15, -0.1) is 0 Å². The first-order chi connectivity index (χ1) is 17.2. The lowest BCUT2D eigenvalue weighted by atomic mass is 9.68. The van der Waals surface area contributed by atoms with E-state index in [1.54, 1.807) is 6.92 Å². The Hall–Kier alpha value is -1.36. The minimum atomic E-state index is -4.10. The second-order valence-electron chi connectivity index (χ2n) is 11.8. The summed E-state index contributed by atoms with van der Waals surface area (Å²) in [7, 11) is 1.92. The lowest BCUT2D eigenvalue weighted by Crippen LogP contribution is -2.36. The molecule has 36 heavy (non-hydrogen) atoms. The van der Waals surface area contributed by atoms with Crippen LogP contribution in [0.4, 0.5) is 13.2 Å². The zero-order valence-electron chi connectivity index (χ0n) is 22.8. The summed E-state index contributed by atoms with van der Waals surface area (Å²) in [5, 5.41) is 11.0. The predicted octanol–water partition coefficient (Wildman–Crippen LogP) is 8.72. The van der Waals surface area contributed by atoms with Crippen molar-refractivity contribution in [1.29, 1.82) is 0 Å². The van der Waals surface area contributed by atoms with Gasteiger partial charge in [0, 0.05) is 18.7 Å². The number of rotatable bonds is 8. The molecule has 0 heterocycles. The highest BCUT2D eigenvalue weighted by atomic mass is 19.4. The smallest absolute Gasteiger partial charge is 0.389 e. The van der Waals surface area contributed by atoms with Gasteiger partial charge in [-0.05, 0) is 99.4 Å². The SMILES string of the molecule is CCCC1CCC=CC=C1C(=NC)C1CC(C(O)C=CCC2CCC(C)C(C(F)(F)F)C2)CCC1C. The van der Waals surface area contributed by atoms with Crippen LogP contribution >= 0.6 is 0 Å². The van der Waals surface area contributed by atoms with Crippen molar-refractivity contribution in [3.63, 3.8) is 0 Å². The van der Waals surface area contributed by atoms with Crippen LogP contribution in [0.2, 0.25) is 0 Å². The van der Waals surface area contributed by atoms with E-state index in [1.807, 2.05) is 19.2 Å². The molecule has 5 heteroatoms. The zero-order valence-corrected chi connectivity index (χ0v) is 22.8. The third-order valence-corrected chi connectivity index (χ3v) is 9.31. The largest absolute Gasteiger partial charge is 0.392 e. The maximum absolute atomic E-state index is 13.4. The highest BCUT2D eigenvalue weighted by molar-refractivity contribution is 6.02.